The Morgan fingerprint density at radius 1 is 1.50 bits per heavy atom. The van der Waals surface area contributed by atoms with E-state index in [1.165, 1.54) is 26.9 Å². The molecule has 0 unspecified atom stereocenters. The summed E-state index contributed by atoms with van der Waals surface area (Å²) in [5.74, 6) is 5.65. The lowest BCUT2D eigenvalue weighted by Crippen LogP contribution is -3.00. The summed E-state index contributed by atoms with van der Waals surface area (Å²) in [6.45, 7) is 4.14. The Kier molecular flexibility index (Phi) is 5.12. The monoisotopic (exact) mass is 312 g/mol. The maximum absolute atomic E-state index is 12.6. The fourth-order valence-corrected chi connectivity index (χ4v) is 4.29. The maximum atomic E-state index is 12.6. The fourth-order valence-electron chi connectivity index (χ4n) is 1.43. The number of rotatable bonds is 5. The third-order valence-electron chi connectivity index (χ3n) is 2.06. The lowest BCUT2D eigenvalue weighted by molar-refractivity contribution is -0.610. The smallest absolute Gasteiger partial charge is 0.397 e. The summed E-state index contributed by atoms with van der Waals surface area (Å²) in [5, 5.41) is 5.73. The number of hydrogen-bond donors (Lipinski definition) is 1. The molecule has 0 aromatic carbocycles. The van der Waals surface area contributed by atoms with E-state index >= 15 is 0 Å². The Balaban J connectivity index is 0.00000162. The van der Waals surface area contributed by atoms with Crippen molar-refractivity contribution >= 4 is 29.3 Å². The number of aromatic nitrogens is 3. The van der Waals surface area contributed by atoms with E-state index in [0.29, 0.717) is 23.6 Å². The molecule has 0 atom stereocenters. The van der Waals surface area contributed by atoms with Gasteiger partial charge < -0.3 is 21.5 Å². The third-order valence-corrected chi connectivity index (χ3v) is 5.25. The highest BCUT2D eigenvalue weighted by molar-refractivity contribution is 7.62. The number of nitrogens with two attached hydrogens (primary N) is 1. The molecular weight excluding hydrogens is 299 g/mol. The highest BCUT2D eigenvalue weighted by Crippen LogP contribution is 2.47. The molecule has 10 heteroatoms. The van der Waals surface area contributed by atoms with Crippen LogP contribution in [0.15, 0.2) is 11.7 Å². The fraction of sp³-hybridized carbons (Fsp3) is 0.500. The van der Waals surface area contributed by atoms with Crippen LogP contribution in [0.5, 0.6) is 0 Å². The van der Waals surface area contributed by atoms with E-state index in [9.17, 15) is 4.57 Å². The van der Waals surface area contributed by atoms with E-state index in [0.717, 1.165) is 0 Å². The van der Waals surface area contributed by atoms with E-state index in [-0.39, 0.29) is 12.4 Å². The average molecular weight is 313 g/mol. The van der Waals surface area contributed by atoms with Gasteiger partial charge in [0.2, 0.25) is 5.44 Å². The molecule has 18 heavy (non-hydrogen) atoms. The second-order valence-electron chi connectivity index (χ2n) is 3.16. The van der Waals surface area contributed by atoms with E-state index < -0.39 is 7.60 Å². The SMILES string of the molecule is CCOP(=O)(OCC)c1csc2n1nc[n+]2N.[Cl-]. The van der Waals surface area contributed by atoms with E-state index in [1.807, 2.05) is 0 Å². The molecular formula is C8H14ClN4O3PS. The standard InChI is InChI=1S/C8H14N4O3PS.ClH/c1-3-14-16(13,15-4-2)7-5-17-8-11(9)6-10-12(7)8;/h5-6H,3-4,9H2,1-2H3;1H/q+1;/p-1. The van der Waals surface area contributed by atoms with Crippen molar-refractivity contribution in [1.29, 1.82) is 0 Å². The van der Waals surface area contributed by atoms with Gasteiger partial charge >= 0.3 is 12.6 Å². The predicted molar refractivity (Wildman–Crippen MR) is 63.9 cm³/mol. The van der Waals surface area contributed by atoms with E-state index in [4.69, 9.17) is 14.9 Å². The molecule has 0 aliphatic heterocycles. The summed E-state index contributed by atoms with van der Waals surface area (Å²) in [6, 6.07) is 0. The van der Waals surface area contributed by atoms with Crippen LogP contribution in [0.1, 0.15) is 13.8 Å². The molecule has 0 spiro atoms. The molecule has 0 amide bonds. The van der Waals surface area contributed by atoms with Crippen molar-refractivity contribution in [3.8, 4) is 0 Å². The van der Waals surface area contributed by atoms with Crippen molar-refractivity contribution in [2.45, 2.75) is 13.8 Å². The molecule has 2 N–H and O–H groups in total. The Morgan fingerprint density at radius 2 is 2.11 bits per heavy atom. The van der Waals surface area contributed by atoms with Crippen LogP contribution in [-0.2, 0) is 13.6 Å². The van der Waals surface area contributed by atoms with Crippen molar-refractivity contribution in [1.82, 2.24) is 9.61 Å². The summed E-state index contributed by atoms with van der Waals surface area (Å²) >= 11 is 1.33. The number of nitrogen functional groups attached to an aromatic ring is 1. The summed E-state index contributed by atoms with van der Waals surface area (Å²) in [4.78, 5) is 0.666. The molecule has 0 bridgehead atoms. The van der Waals surface area contributed by atoms with Gasteiger partial charge in [-0.1, -0.05) is 15.9 Å². The van der Waals surface area contributed by atoms with E-state index in [1.54, 1.807) is 19.2 Å². The van der Waals surface area contributed by atoms with Crippen LogP contribution < -0.4 is 28.4 Å². The normalized spacial score (nSPS) is 11.7. The largest absolute Gasteiger partial charge is 1.00 e. The molecule has 0 aliphatic rings. The van der Waals surface area contributed by atoms with Crippen molar-refractivity contribution in [2.24, 2.45) is 0 Å². The molecule has 0 aliphatic carbocycles. The quantitative estimate of drug-likeness (QED) is 0.369. The first-order valence-electron chi connectivity index (χ1n) is 5.14. The predicted octanol–water partition coefficient (Wildman–Crippen LogP) is -2.71. The Labute approximate surface area is 114 Å². The van der Waals surface area contributed by atoms with Crippen LogP contribution >= 0.6 is 18.9 Å². The van der Waals surface area contributed by atoms with Gasteiger partial charge in [-0.25, -0.2) is 0 Å². The molecule has 0 fully saturated rings. The first-order chi connectivity index (χ1) is 8.12. The lowest BCUT2D eigenvalue weighted by atomic mass is 10.9. The molecule has 7 nitrogen and oxygen atoms in total. The minimum absolute atomic E-state index is 0. The van der Waals surface area contributed by atoms with Gasteiger partial charge in [0.05, 0.1) is 13.2 Å². The van der Waals surface area contributed by atoms with Gasteiger partial charge in [0, 0.05) is 10.5 Å². The number of thiazole rings is 1. The minimum atomic E-state index is -3.31. The summed E-state index contributed by atoms with van der Waals surface area (Å²) in [5.41, 5.74) is 0.408. The topological polar surface area (TPSA) is 82.7 Å². The number of nitrogens with zero attached hydrogens (tertiary/aromatic N) is 3. The lowest BCUT2D eigenvalue weighted by Gasteiger charge is -2.12. The summed E-state index contributed by atoms with van der Waals surface area (Å²) in [6.07, 6.45) is 1.44. The van der Waals surface area contributed by atoms with Crippen molar-refractivity contribution in [3.63, 3.8) is 0 Å². The average Bonchev–Trinajstić information content (AvgIpc) is 2.83. The molecule has 102 valence electrons. The van der Waals surface area contributed by atoms with Crippen LogP contribution in [0.25, 0.3) is 4.96 Å². The highest BCUT2D eigenvalue weighted by Gasteiger charge is 2.36. The van der Waals surface area contributed by atoms with Gasteiger partial charge in [0.15, 0.2) is 0 Å². The Morgan fingerprint density at radius 3 is 2.67 bits per heavy atom. The van der Waals surface area contributed by atoms with Gasteiger partial charge in [0.1, 0.15) is 0 Å². The minimum Gasteiger partial charge on any atom is -1.00 e. The molecule has 2 rings (SSSR count). The van der Waals surface area contributed by atoms with Crippen LogP contribution in [-0.4, -0.2) is 22.8 Å². The van der Waals surface area contributed by atoms with Crippen LogP contribution in [0.4, 0.5) is 0 Å². The third kappa shape index (κ3) is 2.53. The van der Waals surface area contributed by atoms with Gasteiger partial charge in [-0.2, -0.15) is 0 Å². The summed E-state index contributed by atoms with van der Waals surface area (Å²) in [7, 11) is -3.31. The molecule has 2 heterocycles. The first kappa shape index (κ1) is 15.4. The molecule has 0 radical (unpaired) electrons. The van der Waals surface area contributed by atoms with E-state index in [2.05, 4.69) is 5.10 Å². The van der Waals surface area contributed by atoms with Crippen molar-refractivity contribution in [3.05, 3.63) is 11.7 Å². The summed E-state index contributed by atoms with van der Waals surface area (Å²) < 4.78 is 25.9. The number of hydrogen-bond acceptors (Lipinski definition) is 6. The zero-order valence-corrected chi connectivity index (χ0v) is 12.4. The van der Waals surface area contributed by atoms with Gasteiger partial charge in [-0.15, -0.1) is 4.68 Å². The maximum Gasteiger partial charge on any atom is 0.397 e. The van der Waals surface area contributed by atoms with Gasteiger partial charge in [0.25, 0.3) is 6.33 Å². The second-order valence-corrected chi connectivity index (χ2v) is 5.97. The van der Waals surface area contributed by atoms with Gasteiger partial charge in [-0.05, 0) is 13.8 Å². The molecule has 2 aromatic rings. The zero-order valence-electron chi connectivity index (χ0n) is 9.95. The number of halogens is 1. The zero-order chi connectivity index (χ0) is 12.5. The van der Waals surface area contributed by atoms with Gasteiger partial charge in [-0.3, -0.25) is 10.4 Å². The molecule has 2 aromatic heterocycles. The van der Waals surface area contributed by atoms with Crippen LogP contribution in [0.3, 0.4) is 0 Å². The highest BCUT2D eigenvalue weighted by atomic mass is 35.5. The molecule has 0 saturated carbocycles. The van der Waals surface area contributed by atoms with Crippen molar-refractivity contribution < 1.29 is 30.7 Å². The van der Waals surface area contributed by atoms with Crippen molar-refractivity contribution in [2.75, 3.05) is 19.1 Å². The second kappa shape index (κ2) is 5.99. The Hall–Kier alpha value is -0.660. The molecule has 0 saturated heterocycles. The first-order valence-corrected chi connectivity index (χ1v) is 7.56. The number of fused-ring (bicyclic) bond motifs is 1. The van der Waals surface area contributed by atoms with Crippen LogP contribution in [0.2, 0.25) is 0 Å². The Bertz CT molecular complexity index is 562. The van der Waals surface area contributed by atoms with Crippen LogP contribution in [0, 0.1) is 0 Å².